The summed E-state index contributed by atoms with van der Waals surface area (Å²) in [5, 5.41) is 2.84. The molecule has 1 heterocycles. The fraction of sp³-hybridized carbons (Fsp3) is 0.577. The molecule has 0 saturated heterocycles. The van der Waals surface area contributed by atoms with Gasteiger partial charge in [0.05, 0.1) is 18.1 Å². The quantitative estimate of drug-likeness (QED) is 0.426. The second kappa shape index (κ2) is 10.9. The van der Waals surface area contributed by atoms with E-state index in [-0.39, 0.29) is 5.41 Å². The zero-order chi connectivity index (χ0) is 24.8. The molecule has 1 unspecified atom stereocenters. The van der Waals surface area contributed by atoms with Crippen molar-refractivity contribution >= 4 is 29.2 Å². The summed E-state index contributed by atoms with van der Waals surface area (Å²) in [6.45, 7) is 15.5. The predicted molar refractivity (Wildman–Crippen MR) is 132 cm³/mol. The number of esters is 1. The van der Waals surface area contributed by atoms with Crippen LogP contribution in [0.25, 0.3) is 17.1 Å². The Bertz CT molecular complexity index is 993. The van der Waals surface area contributed by atoms with E-state index < -0.39 is 17.7 Å². The minimum Gasteiger partial charge on any atom is -0.466 e. The van der Waals surface area contributed by atoms with Gasteiger partial charge in [-0.3, -0.25) is 0 Å². The van der Waals surface area contributed by atoms with E-state index in [0.29, 0.717) is 19.0 Å². The van der Waals surface area contributed by atoms with Gasteiger partial charge in [-0.25, -0.2) is 14.6 Å². The van der Waals surface area contributed by atoms with Crippen molar-refractivity contribution in [2.75, 3.05) is 13.7 Å². The van der Waals surface area contributed by atoms with Gasteiger partial charge in [-0.15, -0.1) is 0 Å². The summed E-state index contributed by atoms with van der Waals surface area (Å²) in [6.07, 6.45) is 4.61. The summed E-state index contributed by atoms with van der Waals surface area (Å²) < 4.78 is 12.2. The van der Waals surface area contributed by atoms with Crippen LogP contribution < -0.4 is 5.32 Å². The maximum absolute atomic E-state index is 12.1. The molecule has 7 heteroatoms. The van der Waals surface area contributed by atoms with E-state index in [1.54, 1.807) is 6.08 Å². The highest BCUT2D eigenvalue weighted by Crippen LogP contribution is 2.27. The van der Waals surface area contributed by atoms with Crippen LogP contribution in [0.5, 0.6) is 0 Å². The van der Waals surface area contributed by atoms with Gasteiger partial charge in [-0.05, 0) is 62.3 Å². The molecule has 2 rings (SSSR count). The Morgan fingerprint density at radius 2 is 1.88 bits per heavy atom. The summed E-state index contributed by atoms with van der Waals surface area (Å²) in [7, 11) is 1.36. The second-order valence-corrected chi connectivity index (χ2v) is 10.8. The molecule has 0 saturated carbocycles. The van der Waals surface area contributed by atoms with Crippen molar-refractivity contribution in [3.05, 3.63) is 35.7 Å². The number of carbonyl (C=O) groups excluding carboxylic acids is 2. The first-order valence-electron chi connectivity index (χ1n) is 11.5. The Kier molecular flexibility index (Phi) is 8.69. The molecule has 1 aromatic heterocycles. The van der Waals surface area contributed by atoms with Crippen LogP contribution in [0.3, 0.4) is 0 Å². The number of hydrogen-bond acceptors (Lipinski definition) is 5. The van der Waals surface area contributed by atoms with Gasteiger partial charge in [-0.1, -0.05) is 33.8 Å². The Hall–Kier alpha value is -2.83. The molecule has 1 aromatic carbocycles. The molecule has 1 atom stereocenters. The maximum atomic E-state index is 12.1. The number of fused-ring (bicyclic) bond motifs is 1. The molecule has 0 aliphatic heterocycles. The third kappa shape index (κ3) is 8.91. The lowest BCUT2D eigenvalue weighted by Gasteiger charge is -2.23. The van der Waals surface area contributed by atoms with E-state index >= 15 is 0 Å². The molecule has 0 spiro atoms. The molecule has 0 radical (unpaired) electrons. The molecule has 0 bridgehead atoms. The van der Waals surface area contributed by atoms with Crippen molar-refractivity contribution in [1.82, 2.24) is 14.9 Å². The van der Waals surface area contributed by atoms with Crippen molar-refractivity contribution in [2.24, 2.45) is 11.3 Å². The van der Waals surface area contributed by atoms with Crippen LogP contribution in [0.4, 0.5) is 4.79 Å². The van der Waals surface area contributed by atoms with Gasteiger partial charge in [0.15, 0.2) is 0 Å². The molecule has 0 aliphatic carbocycles. The summed E-state index contributed by atoms with van der Waals surface area (Å²) in [5.41, 5.74) is 2.43. The Morgan fingerprint density at radius 1 is 1.18 bits per heavy atom. The molecule has 1 N–H and O–H groups in total. The van der Waals surface area contributed by atoms with E-state index in [1.165, 1.54) is 13.2 Å². The second-order valence-electron chi connectivity index (χ2n) is 10.8. The normalized spacial score (nSPS) is 13.3. The number of methoxy groups -OCH3 is 1. The number of nitrogens with zero attached hydrogens (tertiary/aromatic N) is 2. The number of carbonyl (C=O) groups is 2. The molecule has 2 aromatic rings. The molecule has 33 heavy (non-hydrogen) atoms. The number of ether oxygens (including phenoxy) is 2. The van der Waals surface area contributed by atoms with Gasteiger partial charge < -0.3 is 19.4 Å². The fourth-order valence-electron chi connectivity index (χ4n) is 3.95. The van der Waals surface area contributed by atoms with E-state index in [1.807, 2.05) is 39.0 Å². The Morgan fingerprint density at radius 3 is 2.48 bits per heavy atom. The third-order valence-electron chi connectivity index (χ3n) is 4.96. The van der Waals surface area contributed by atoms with Crippen LogP contribution in [0, 0.1) is 11.3 Å². The topological polar surface area (TPSA) is 82.5 Å². The molecule has 0 fully saturated rings. The molecular weight excluding hydrogens is 418 g/mol. The Balaban J connectivity index is 2.27. The number of rotatable bonds is 8. The summed E-state index contributed by atoms with van der Waals surface area (Å²) in [6, 6.07) is 5.92. The SMILES string of the molecule is COC(=O)C=Cc1ccc2c(c1)nc(CC(C)CC(C)(C)C)n2CCNC(=O)OC(C)(C)C. The predicted octanol–water partition coefficient (Wildman–Crippen LogP) is 5.36. The van der Waals surface area contributed by atoms with Crippen LogP contribution in [0.15, 0.2) is 24.3 Å². The summed E-state index contributed by atoms with van der Waals surface area (Å²) in [4.78, 5) is 28.4. The number of hydrogen-bond donors (Lipinski definition) is 1. The number of benzene rings is 1. The Labute approximate surface area is 197 Å². The molecule has 7 nitrogen and oxygen atoms in total. The highest BCUT2D eigenvalue weighted by atomic mass is 16.6. The van der Waals surface area contributed by atoms with E-state index in [0.717, 1.165) is 35.3 Å². The summed E-state index contributed by atoms with van der Waals surface area (Å²) >= 11 is 0. The van der Waals surface area contributed by atoms with Crippen LogP contribution in [0.2, 0.25) is 0 Å². The molecule has 0 aliphatic rings. The van der Waals surface area contributed by atoms with Crippen LogP contribution in [0.1, 0.15) is 66.3 Å². The average Bonchev–Trinajstić information content (AvgIpc) is 2.99. The zero-order valence-electron chi connectivity index (χ0n) is 21.3. The highest BCUT2D eigenvalue weighted by molar-refractivity contribution is 5.88. The molecule has 182 valence electrons. The molecular formula is C26H39N3O4. The largest absolute Gasteiger partial charge is 0.466 e. The van der Waals surface area contributed by atoms with Crippen LogP contribution in [-0.2, 0) is 27.2 Å². The van der Waals surface area contributed by atoms with Gasteiger partial charge in [-0.2, -0.15) is 0 Å². The smallest absolute Gasteiger partial charge is 0.407 e. The first-order valence-corrected chi connectivity index (χ1v) is 11.5. The lowest BCUT2D eigenvalue weighted by atomic mass is 9.84. The highest BCUT2D eigenvalue weighted by Gasteiger charge is 2.20. The van der Waals surface area contributed by atoms with Gasteiger partial charge in [0, 0.05) is 25.6 Å². The van der Waals surface area contributed by atoms with Gasteiger partial charge in [0.25, 0.3) is 0 Å². The summed E-state index contributed by atoms with van der Waals surface area (Å²) in [5.74, 6) is 1.05. The van der Waals surface area contributed by atoms with Crippen molar-refractivity contribution in [3.8, 4) is 0 Å². The zero-order valence-corrected chi connectivity index (χ0v) is 21.3. The number of imidazole rings is 1. The number of amides is 1. The number of aromatic nitrogens is 2. The van der Waals surface area contributed by atoms with Crippen molar-refractivity contribution in [2.45, 2.75) is 73.5 Å². The monoisotopic (exact) mass is 457 g/mol. The van der Waals surface area contributed by atoms with Crippen LogP contribution in [-0.4, -0.2) is 40.9 Å². The first kappa shape index (κ1) is 26.4. The maximum Gasteiger partial charge on any atom is 0.407 e. The lowest BCUT2D eigenvalue weighted by Crippen LogP contribution is -2.34. The van der Waals surface area contributed by atoms with Gasteiger partial charge >= 0.3 is 12.1 Å². The van der Waals surface area contributed by atoms with Crippen LogP contribution >= 0.6 is 0 Å². The van der Waals surface area contributed by atoms with Gasteiger partial charge in [0.2, 0.25) is 0 Å². The van der Waals surface area contributed by atoms with Crippen molar-refractivity contribution in [1.29, 1.82) is 0 Å². The van der Waals surface area contributed by atoms with E-state index in [9.17, 15) is 9.59 Å². The molecule has 1 amide bonds. The van der Waals surface area contributed by atoms with E-state index in [2.05, 4.69) is 42.3 Å². The standard InChI is InChI=1S/C26H39N3O4/c1-18(17-25(2,3)4)15-22-28-20-16-19(10-12-23(30)32-8)9-11-21(20)29(22)14-13-27-24(31)33-26(5,6)7/h9-12,16,18H,13-15,17H2,1-8H3,(H,27,31). The average molecular weight is 458 g/mol. The fourth-order valence-corrected chi connectivity index (χ4v) is 3.95. The third-order valence-corrected chi connectivity index (χ3v) is 4.96. The number of nitrogens with one attached hydrogen (secondary N) is 1. The van der Waals surface area contributed by atoms with Crippen molar-refractivity contribution < 1.29 is 19.1 Å². The lowest BCUT2D eigenvalue weighted by molar-refractivity contribution is -0.134. The minimum absolute atomic E-state index is 0.236. The minimum atomic E-state index is -0.534. The van der Waals surface area contributed by atoms with E-state index in [4.69, 9.17) is 9.72 Å². The van der Waals surface area contributed by atoms with Gasteiger partial charge in [0.1, 0.15) is 11.4 Å². The number of alkyl carbamates (subject to hydrolysis) is 1. The van der Waals surface area contributed by atoms with Crippen molar-refractivity contribution in [3.63, 3.8) is 0 Å². The first-order chi connectivity index (χ1) is 15.3.